The molecule has 8 heteroatoms. The first kappa shape index (κ1) is 18.9. The highest BCUT2D eigenvalue weighted by Gasteiger charge is 2.49. The largest absolute Gasteiger partial charge is 0.497 e. The average Bonchev–Trinajstić information content (AvgIpc) is 2.89. The van der Waals surface area contributed by atoms with E-state index in [1.807, 2.05) is 6.07 Å². The molecule has 1 aliphatic rings. The Morgan fingerprint density at radius 3 is 2.44 bits per heavy atom. The zero-order chi connectivity index (χ0) is 19.6. The maximum Gasteiger partial charge on any atom is 0.346 e. The number of carbonyl (C=O) groups is 2. The first-order valence-electron chi connectivity index (χ1n) is 8.08. The highest BCUT2D eigenvalue weighted by Crippen LogP contribution is 2.30. The van der Waals surface area contributed by atoms with Crippen molar-refractivity contribution in [1.82, 2.24) is 10.3 Å². The molecule has 1 heterocycles. The second-order valence-corrected chi connectivity index (χ2v) is 6.95. The standard InChI is InChI=1S/C19H18BrN3O4/c1-19(13-4-7-15(26-2)8-5-13)17(24)23(18(25)22-19)21-11-12-10-14(20)6-9-16(12)27-3/h4-11H,1-3H3,(H,22,25)/t19-/m1/s1. The summed E-state index contributed by atoms with van der Waals surface area (Å²) in [7, 11) is 3.10. The van der Waals surface area contributed by atoms with Crippen molar-refractivity contribution in [3.05, 3.63) is 58.1 Å². The van der Waals surface area contributed by atoms with E-state index in [2.05, 4.69) is 26.3 Å². The average molecular weight is 432 g/mol. The number of methoxy groups -OCH3 is 2. The van der Waals surface area contributed by atoms with Crippen LogP contribution in [0.1, 0.15) is 18.1 Å². The number of imide groups is 1. The van der Waals surface area contributed by atoms with Crippen LogP contribution in [0.4, 0.5) is 4.79 Å². The van der Waals surface area contributed by atoms with Gasteiger partial charge in [-0.25, -0.2) is 4.79 Å². The van der Waals surface area contributed by atoms with Gasteiger partial charge in [-0.15, -0.1) is 5.01 Å². The van der Waals surface area contributed by atoms with Crippen molar-refractivity contribution in [1.29, 1.82) is 0 Å². The molecule has 1 fully saturated rings. The number of nitrogens with one attached hydrogen (secondary N) is 1. The number of benzene rings is 2. The van der Waals surface area contributed by atoms with Gasteiger partial charge in [0.25, 0.3) is 5.91 Å². The van der Waals surface area contributed by atoms with Crippen molar-refractivity contribution >= 4 is 34.1 Å². The van der Waals surface area contributed by atoms with Gasteiger partial charge in [0.2, 0.25) is 0 Å². The topological polar surface area (TPSA) is 80.2 Å². The summed E-state index contributed by atoms with van der Waals surface area (Å²) < 4.78 is 11.2. The fourth-order valence-electron chi connectivity index (χ4n) is 2.78. The van der Waals surface area contributed by atoms with Crippen LogP contribution < -0.4 is 14.8 Å². The van der Waals surface area contributed by atoms with Gasteiger partial charge in [-0.1, -0.05) is 28.1 Å². The van der Waals surface area contributed by atoms with Gasteiger partial charge >= 0.3 is 6.03 Å². The lowest BCUT2D eigenvalue weighted by Crippen LogP contribution is -2.40. The van der Waals surface area contributed by atoms with Gasteiger partial charge in [-0.2, -0.15) is 5.10 Å². The van der Waals surface area contributed by atoms with Crippen LogP contribution in [0.2, 0.25) is 0 Å². The smallest absolute Gasteiger partial charge is 0.346 e. The molecule has 0 aliphatic carbocycles. The van der Waals surface area contributed by atoms with Gasteiger partial charge in [0.05, 0.1) is 20.4 Å². The molecule has 1 aliphatic heterocycles. The summed E-state index contributed by atoms with van der Waals surface area (Å²) >= 11 is 3.38. The summed E-state index contributed by atoms with van der Waals surface area (Å²) in [4.78, 5) is 25.2. The van der Waals surface area contributed by atoms with E-state index >= 15 is 0 Å². The minimum atomic E-state index is -1.21. The Morgan fingerprint density at radius 1 is 1.11 bits per heavy atom. The highest BCUT2D eigenvalue weighted by atomic mass is 79.9. The molecule has 0 aromatic heterocycles. The van der Waals surface area contributed by atoms with Crippen LogP contribution in [-0.2, 0) is 10.3 Å². The maximum atomic E-state index is 12.9. The fraction of sp³-hybridized carbons (Fsp3) is 0.211. The lowest BCUT2D eigenvalue weighted by Gasteiger charge is -2.21. The van der Waals surface area contributed by atoms with Gasteiger partial charge in [0, 0.05) is 10.0 Å². The molecule has 27 heavy (non-hydrogen) atoms. The number of urea groups is 1. The molecular weight excluding hydrogens is 414 g/mol. The van der Waals surface area contributed by atoms with Crippen molar-refractivity contribution in [3.63, 3.8) is 0 Å². The zero-order valence-electron chi connectivity index (χ0n) is 15.0. The van der Waals surface area contributed by atoms with Crippen LogP contribution in [0.15, 0.2) is 52.0 Å². The monoisotopic (exact) mass is 431 g/mol. The summed E-state index contributed by atoms with van der Waals surface area (Å²) in [6.07, 6.45) is 1.42. The summed E-state index contributed by atoms with van der Waals surface area (Å²) in [5.74, 6) is 0.769. The molecule has 140 valence electrons. The molecule has 3 amide bonds. The molecule has 3 rings (SSSR count). The third-order valence-electron chi connectivity index (χ3n) is 4.34. The molecule has 1 N–H and O–H groups in total. The van der Waals surface area contributed by atoms with Gasteiger partial charge in [-0.3, -0.25) is 4.79 Å². The quantitative estimate of drug-likeness (QED) is 0.581. The molecule has 0 unspecified atom stereocenters. The summed E-state index contributed by atoms with van der Waals surface area (Å²) in [5.41, 5.74) is 0.0621. The molecule has 0 spiro atoms. The zero-order valence-corrected chi connectivity index (χ0v) is 16.6. The number of hydrogen-bond donors (Lipinski definition) is 1. The van der Waals surface area contributed by atoms with Gasteiger partial charge in [0.1, 0.15) is 17.0 Å². The molecule has 1 atom stereocenters. The first-order chi connectivity index (χ1) is 12.9. The molecule has 0 radical (unpaired) electrons. The Labute approximate surface area is 165 Å². The fourth-order valence-corrected chi connectivity index (χ4v) is 3.15. The molecule has 2 aromatic rings. The maximum absolute atomic E-state index is 12.9. The Bertz CT molecular complexity index is 914. The van der Waals surface area contributed by atoms with Crippen molar-refractivity contribution in [2.24, 2.45) is 5.10 Å². The van der Waals surface area contributed by atoms with Crippen molar-refractivity contribution in [2.75, 3.05) is 14.2 Å². The van der Waals surface area contributed by atoms with Crippen LogP contribution in [-0.4, -0.2) is 37.4 Å². The van der Waals surface area contributed by atoms with Crippen molar-refractivity contribution in [2.45, 2.75) is 12.5 Å². The predicted molar refractivity (Wildman–Crippen MR) is 104 cm³/mol. The third kappa shape index (κ3) is 3.52. The minimum absolute atomic E-state index is 0.470. The second-order valence-electron chi connectivity index (χ2n) is 6.03. The molecular formula is C19H18BrN3O4. The number of halogens is 1. The molecule has 7 nitrogen and oxygen atoms in total. The van der Waals surface area contributed by atoms with Crippen LogP contribution in [0, 0.1) is 0 Å². The Hall–Kier alpha value is -2.87. The van der Waals surface area contributed by atoms with Gasteiger partial charge in [0.15, 0.2) is 0 Å². The Kier molecular flexibility index (Phi) is 5.18. The number of ether oxygens (including phenoxy) is 2. The lowest BCUT2D eigenvalue weighted by molar-refractivity contribution is -0.131. The van der Waals surface area contributed by atoms with E-state index < -0.39 is 17.5 Å². The van der Waals surface area contributed by atoms with Crippen molar-refractivity contribution in [3.8, 4) is 11.5 Å². The molecule has 0 bridgehead atoms. The number of rotatable bonds is 5. The number of nitrogens with zero attached hydrogens (tertiary/aromatic N) is 2. The van der Waals surface area contributed by atoms with Crippen molar-refractivity contribution < 1.29 is 19.1 Å². The van der Waals surface area contributed by atoms with E-state index in [0.717, 1.165) is 9.48 Å². The van der Waals surface area contributed by atoms with E-state index in [1.54, 1.807) is 50.4 Å². The van der Waals surface area contributed by atoms with E-state index in [1.165, 1.54) is 13.3 Å². The molecule has 0 saturated carbocycles. The Balaban J connectivity index is 1.89. The second kappa shape index (κ2) is 7.40. The summed E-state index contributed by atoms with van der Waals surface area (Å²) in [5, 5.41) is 7.61. The predicted octanol–water partition coefficient (Wildman–Crippen LogP) is 3.27. The highest BCUT2D eigenvalue weighted by molar-refractivity contribution is 9.10. The summed E-state index contributed by atoms with van der Waals surface area (Å²) in [6, 6.07) is 11.7. The number of hydrogen-bond acceptors (Lipinski definition) is 5. The SMILES string of the molecule is COc1ccc([C@@]2(C)NC(=O)N(N=Cc3cc(Br)ccc3OC)C2=O)cc1. The van der Waals surface area contributed by atoms with E-state index in [4.69, 9.17) is 9.47 Å². The minimum Gasteiger partial charge on any atom is -0.497 e. The molecule has 2 aromatic carbocycles. The van der Waals surface area contributed by atoms with Gasteiger partial charge < -0.3 is 14.8 Å². The van der Waals surface area contributed by atoms with Gasteiger partial charge in [-0.05, 0) is 42.8 Å². The number of amides is 3. The van der Waals surface area contributed by atoms with Crippen LogP contribution in [0.25, 0.3) is 0 Å². The number of hydrazone groups is 1. The lowest BCUT2D eigenvalue weighted by atomic mass is 9.92. The van der Waals surface area contributed by atoms with Crippen LogP contribution >= 0.6 is 15.9 Å². The number of carbonyl (C=O) groups excluding carboxylic acids is 2. The Morgan fingerprint density at radius 2 is 1.81 bits per heavy atom. The first-order valence-corrected chi connectivity index (χ1v) is 8.87. The summed E-state index contributed by atoms with van der Waals surface area (Å²) in [6.45, 7) is 1.64. The van der Waals surface area contributed by atoms with E-state index in [0.29, 0.717) is 22.6 Å². The molecule has 1 saturated heterocycles. The van der Waals surface area contributed by atoms with Crippen LogP contribution in [0.3, 0.4) is 0 Å². The van der Waals surface area contributed by atoms with Crippen LogP contribution in [0.5, 0.6) is 11.5 Å². The normalized spacial score (nSPS) is 19.5. The third-order valence-corrected chi connectivity index (χ3v) is 4.83. The van der Waals surface area contributed by atoms with E-state index in [-0.39, 0.29) is 0 Å². The van der Waals surface area contributed by atoms with E-state index in [9.17, 15) is 9.59 Å².